The summed E-state index contributed by atoms with van der Waals surface area (Å²) in [5, 5.41) is 12.3. The minimum absolute atomic E-state index is 0.00818. The van der Waals surface area contributed by atoms with E-state index in [9.17, 15) is 4.79 Å². The van der Waals surface area contributed by atoms with Crippen molar-refractivity contribution >= 4 is 27.4 Å². The molecule has 30 heavy (non-hydrogen) atoms. The molecule has 1 saturated carbocycles. The second-order valence-corrected chi connectivity index (χ2v) is 8.59. The molecule has 1 aliphatic carbocycles. The number of nitrogens with one attached hydrogen (secondary N) is 1. The van der Waals surface area contributed by atoms with Crippen LogP contribution >= 0.6 is 15.9 Å². The monoisotopic (exact) mass is 470 g/mol. The first-order valence-corrected chi connectivity index (χ1v) is 11.3. The van der Waals surface area contributed by atoms with Gasteiger partial charge in [0.2, 0.25) is 0 Å². The number of carbonyl (C=O) groups excluding carboxylic acids is 1. The summed E-state index contributed by atoms with van der Waals surface area (Å²) in [6.07, 6.45) is 2.97. The van der Waals surface area contributed by atoms with Gasteiger partial charge >= 0.3 is 0 Å². The van der Waals surface area contributed by atoms with Crippen LogP contribution in [-0.4, -0.2) is 48.3 Å². The van der Waals surface area contributed by atoms with Gasteiger partial charge in [0.15, 0.2) is 0 Å². The fraction of sp³-hybridized carbons (Fsp3) is 0.375. The van der Waals surface area contributed by atoms with E-state index in [1.54, 1.807) is 0 Å². The lowest BCUT2D eigenvalue weighted by Gasteiger charge is -2.28. The van der Waals surface area contributed by atoms with Gasteiger partial charge in [-0.15, -0.1) is 0 Å². The standard InChI is InChI=1S/C24H27BrN2O3/c25-23-4-2-1-3-18(23)16-27(19-7-8-19)24(29)22-15-26-12-11-21(22)17-5-9-20(10-6-17)30-14-13-28/h1-6,9-10,19,26,28H,7-8,11-16H2. The molecule has 1 fully saturated rings. The largest absolute Gasteiger partial charge is 0.491 e. The van der Waals surface area contributed by atoms with E-state index in [2.05, 4.69) is 27.3 Å². The van der Waals surface area contributed by atoms with E-state index in [0.717, 1.165) is 58.3 Å². The first-order chi connectivity index (χ1) is 14.7. The summed E-state index contributed by atoms with van der Waals surface area (Å²) in [4.78, 5) is 15.7. The van der Waals surface area contributed by atoms with Crippen molar-refractivity contribution in [3.05, 3.63) is 69.7 Å². The van der Waals surface area contributed by atoms with E-state index in [1.807, 2.05) is 47.4 Å². The molecule has 2 aromatic rings. The van der Waals surface area contributed by atoms with E-state index in [-0.39, 0.29) is 19.1 Å². The van der Waals surface area contributed by atoms with E-state index >= 15 is 0 Å². The smallest absolute Gasteiger partial charge is 0.251 e. The lowest BCUT2D eigenvalue weighted by molar-refractivity contribution is -0.128. The Balaban J connectivity index is 1.60. The summed E-state index contributed by atoms with van der Waals surface area (Å²) in [5.74, 6) is 0.861. The molecular weight excluding hydrogens is 444 g/mol. The molecule has 1 heterocycles. The minimum atomic E-state index is -0.00818. The highest BCUT2D eigenvalue weighted by Gasteiger charge is 2.35. The van der Waals surface area contributed by atoms with Gasteiger partial charge in [0.1, 0.15) is 12.4 Å². The summed E-state index contributed by atoms with van der Waals surface area (Å²) in [7, 11) is 0. The van der Waals surface area contributed by atoms with Crippen LogP contribution in [0.3, 0.4) is 0 Å². The van der Waals surface area contributed by atoms with Gasteiger partial charge in [0, 0.05) is 29.2 Å². The Morgan fingerprint density at radius 1 is 1.17 bits per heavy atom. The van der Waals surface area contributed by atoms with E-state index in [0.29, 0.717) is 19.1 Å². The molecule has 6 heteroatoms. The maximum Gasteiger partial charge on any atom is 0.251 e. The third-order valence-electron chi connectivity index (χ3n) is 5.59. The fourth-order valence-corrected chi connectivity index (χ4v) is 4.27. The SMILES string of the molecule is O=C(C1=C(c2ccc(OCCO)cc2)CCNC1)N(Cc1ccccc1Br)C1CC1. The summed E-state index contributed by atoms with van der Waals surface area (Å²) in [6.45, 7) is 2.35. The zero-order valence-electron chi connectivity index (χ0n) is 16.9. The second-order valence-electron chi connectivity index (χ2n) is 7.74. The highest BCUT2D eigenvalue weighted by molar-refractivity contribution is 9.10. The van der Waals surface area contributed by atoms with E-state index in [4.69, 9.17) is 9.84 Å². The number of nitrogens with zero attached hydrogens (tertiary/aromatic N) is 1. The molecule has 0 unspecified atom stereocenters. The molecule has 5 nitrogen and oxygen atoms in total. The van der Waals surface area contributed by atoms with Crippen LogP contribution in [0, 0.1) is 0 Å². The maximum absolute atomic E-state index is 13.6. The first kappa shape index (κ1) is 21.1. The van der Waals surface area contributed by atoms with Crippen LogP contribution in [0.2, 0.25) is 0 Å². The summed E-state index contributed by atoms with van der Waals surface area (Å²) >= 11 is 3.62. The molecule has 0 atom stereocenters. The molecule has 0 saturated heterocycles. The number of carbonyl (C=O) groups is 1. The van der Waals surface area contributed by atoms with Gasteiger partial charge in [0.05, 0.1) is 6.61 Å². The highest BCUT2D eigenvalue weighted by atomic mass is 79.9. The number of halogens is 1. The number of aliphatic hydroxyl groups is 1. The Bertz CT molecular complexity index is 922. The van der Waals surface area contributed by atoms with Gasteiger partial charge in [-0.3, -0.25) is 4.79 Å². The molecule has 158 valence electrons. The van der Waals surface area contributed by atoms with Crippen LogP contribution in [-0.2, 0) is 11.3 Å². The Labute approximate surface area is 185 Å². The van der Waals surface area contributed by atoms with Gasteiger partial charge in [-0.2, -0.15) is 0 Å². The fourth-order valence-electron chi connectivity index (χ4n) is 3.86. The van der Waals surface area contributed by atoms with Crippen LogP contribution < -0.4 is 10.1 Å². The Kier molecular flexibility index (Phi) is 6.87. The molecular formula is C24H27BrN2O3. The average Bonchev–Trinajstić information content (AvgIpc) is 3.62. The van der Waals surface area contributed by atoms with Gasteiger partial charge in [-0.1, -0.05) is 46.3 Å². The number of ether oxygens (including phenoxy) is 1. The Morgan fingerprint density at radius 2 is 1.93 bits per heavy atom. The molecule has 0 bridgehead atoms. The van der Waals surface area contributed by atoms with Crippen LogP contribution in [0.5, 0.6) is 5.75 Å². The van der Waals surface area contributed by atoms with Crippen molar-refractivity contribution in [1.29, 1.82) is 0 Å². The van der Waals surface area contributed by atoms with Crippen molar-refractivity contribution in [3.63, 3.8) is 0 Å². The number of benzene rings is 2. The second kappa shape index (κ2) is 9.77. The van der Waals surface area contributed by atoms with Crippen LogP contribution in [0.4, 0.5) is 0 Å². The first-order valence-electron chi connectivity index (χ1n) is 10.5. The quantitative estimate of drug-likeness (QED) is 0.616. The Hall–Kier alpha value is -2.15. The minimum Gasteiger partial charge on any atom is -0.491 e. The highest BCUT2D eigenvalue weighted by Crippen LogP contribution is 2.34. The molecule has 0 spiro atoms. The third kappa shape index (κ3) is 4.94. The van der Waals surface area contributed by atoms with Gasteiger partial charge in [-0.25, -0.2) is 0 Å². The Morgan fingerprint density at radius 3 is 2.63 bits per heavy atom. The van der Waals surface area contributed by atoms with Crippen molar-refractivity contribution in [3.8, 4) is 5.75 Å². The average molecular weight is 471 g/mol. The number of hydrogen-bond donors (Lipinski definition) is 2. The normalized spacial score (nSPS) is 16.5. The molecule has 0 radical (unpaired) electrons. The van der Waals surface area contributed by atoms with E-state index < -0.39 is 0 Å². The van der Waals surface area contributed by atoms with Crippen molar-refractivity contribution in [2.24, 2.45) is 0 Å². The van der Waals surface area contributed by atoms with Gasteiger partial charge in [0.25, 0.3) is 5.91 Å². The molecule has 1 aliphatic heterocycles. The van der Waals surface area contributed by atoms with E-state index in [1.165, 1.54) is 0 Å². The zero-order valence-corrected chi connectivity index (χ0v) is 18.5. The number of amides is 1. The molecule has 2 N–H and O–H groups in total. The summed E-state index contributed by atoms with van der Waals surface area (Å²) in [6, 6.07) is 16.3. The number of hydrogen-bond acceptors (Lipinski definition) is 4. The van der Waals surface area contributed by atoms with Crippen molar-refractivity contribution in [1.82, 2.24) is 10.2 Å². The van der Waals surface area contributed by atoms with Crippen LogP contribution in [0.1, 0.15) is 30.4 Å². The predicted octanol–water partition coefficient (Wildman–Crippen LogP) is 3.76. The molecule has 1 amide bonds. The zero-order chi connectivity index (χ0) is 20.9. The number of rotatable bonds is 8. The maximum atomic E-state index is 13.6. The van der Waals surface area contributed by atoms with Crippen LogP contribution in [0.15, 0.2) is 58.6 Å². The number of aliphatic hydroxyl groups excluding tert-OH is 1. The molecule has 0 aromatic heterocycles. The summed E-state index contributed by atoms with van der Waals surface area (Å²) in [5.41, 5.74) is 4.18. The van der Waals surface area contributed by atoms with Crippen molar-refractivity contribution < 1.29 is 14.6 Å². The van der Waals surface area contributed by atoms with Crippen molar-refractivity contribution in [2.75, 3.05) is 26.3 Å². The summed E-state index contributed by atoms with van der Waals surface area (Å²) < 4.78 is 6.51. The molecule has 2 aromatic carbocycles. The lowest BCUT2D eigenvalue weighted by atomic mass is 9.93. The lowest BCUT2D eigenvalue weighted by Crippen LogP contribution is -2.39. The molecule has 4 rings (SSSR count). The van der Waals surface area contributed by atoms with Crippen molar-refractivity contribution in [2.45, 2.75) is 31.8 Å². The topological polar surface area (TPSA) is 61.8 Å². The van der Waals surface area contributed by atoms with Crippen LogP contribution in [0.25, 0.3) is 5.57 Å². The van der Waals surface area contributed by atoms with Gasteiger partial charge in [-0.05, 0) is 60.7 Å². The predicted molar refractivity (Wildman–Crippen MR) is 121 cm³/mol. The van der Waals surface area contributed by atoms with Gasteiger partial charge < -0.3 is 20.1 Å². The third-order valence-corrected chi connectivity index (χ3v) is 6.36. The molecule has 2 aliphatic rings.